The van der Waals surface area contributed by atoms with Crippen molar-refractivity contribution in [2.45, 2.75) is 13.5 Å². The third-order valence-electron chi connectivity index (χ3n) is 2.49. The van der Waals surface area contributed by atoms with Crippen molar-refractivity contribution in [2.24, 2.45) is 0 Å². The highest BCUT2D eigenvalue weighted by Crippen LogP contribution is 2.18. The van der Waals surface area contributed by atoms with Crippen LogP contribution >= 0.6 is 22.9 Å². The van der Waals surface area contributed by atoms with E-state index in [9.17, 15) is 4.79 Å². The molecule has 2 N–H and O–H groups in total. The van der Waals surface area contributed by atoms with E-state index in [1.165, 1.54) is 6.20 Å². The zero-order chi connectivity index (χ0) is 13.7. The molecular formula is C13H14ClN3OS. The van der Waals surface area contributed by atoms with Crippen LogP contribution in [0.4, 0.5) is 5.82 Å². The van der Waals surface area contributed by atoms with Gasteiger partial charge in [0.15, 0.2) is 0 Å². The van der Waals surface area contributed by atoms with Gasteiger partial charge in [-0.25, -0.2) is 4.98 Å². The Morgan fingerprint density at radius 2 is 2.37 bits per heavy atom. The molecule has 0 aromatic carbocycles. The Bertz CT molecular complexity index is 557. The van der Waals surface area contributed by atoms with E-state index in [2.05, 4.69) is 15.6 Å². The minimum absolute atomic E-state index is 0.197. The number of hydrogen-bond acceptors (Lipinski definition) is 4. The topological polar surface area (TPSA) is 54.0 Å². The van der Waals surface area contributed by atoms with Crippen LogP contribution in [0, 0.1) is 0 Å². The van der Waals surface area contributed by atoms with Crippen LogP contribution in [-0.4, -0.2) is 17.4 Å². The van der Waals surface area contributed by atoms with Crippen LogP contribution in [0.25, 0.3) is 0 Å². The lowest BCUT2D eigenvalue weighted by molar-refractivity contribution is 0.0951. The van der Waals surface area contributed by atoms with Gasteiger partial charge in [0.25, 0.3) is 5.91 Å². The van der Waals surface area contributed by atoms with Gasteiger partial charge < -0.3 is 10.6 Å². The molecule has 4 nitrogen and oxygen atoms in total. The summed E-state index contributed by atoms with van der Waals surface area (Å²) in [7, 11) is 0. The van der Waals surface area contributed by atoms with Crippen molar-refractivity contribution in [3.05, 3.63) is 45.2 Å². The van der Waals surface area contributed by atoms with Crippen LogP contribution in [0.15, 0.2) is 29.1 Å². The summed E-state index contributed by atoms with van der Waals surface area (Å²) in [5, 5.41) is 10.2. The fourth-order valence-corrected chi connectivity index (χ4v) is 2.42. The molecular weight excluding hydrogens is 282 g/mol. The minimum atomic E-state index is -0.197. The number of aromatic nitrogens is 1. The van der Waals surface area contributed by atoms with Gasteiger partial charge in [0.05, 0.1) is 10.6 Å². The maximum absolute atomic E-state index is 12.1. The van der Waals surface area contributed by atoms with E-state index in [1.54, 1.807) is 17.4 Å². The van der Waals surface area contributed by atoms with E-state index in [0.717, 1.165) is 12.1 Å². The number of hydrogen-bond donors (Lipinski definition) is 2. The van der Waals surface area contributed by atoms with Crippen molar-refractivity contribution in [2.75, 3.05) is 11.9 Å². The van der Waals surface area contributed by atoms with E-state index < -0.39 is 0 Å². The van der Waals surface area contributed by atoms with Gasteiger partial charge in [0.1, 0.15) is 5.82 Å². The molecule has 0 saturated carbocycles. The van der Waals surface area contributed by atoms with Crippen LogP contribution < -0.4 is 10.6 Å². The Kier molecular flexibility index (Phi) is 4.76. The second kappa shape index (κ2) is 6.54. The zero-order valence-corrected chi connectivity index (χ0v) is 12.0. The predicted octanol–water partition coefficient (Wildman–Crippen LogP) is 3.16. The van der Waals surface area contributed by atoms with Crippen molar-refractivity contribution >= 4 is 34.7 Å². The van der Waals surface area contributed by atoms with Gasteiger partial charge in [-0.2, -0.15) is 11.3 Å². The van der Waals surface area contributed by atoms with E-state index in [0.29, 0.717) is 22.9 Å². The summed E-state index contributed by atoms with van der Waals surface area (Å²) in [5.41, 5.74) is 1.51. The standard InChI is InChI=1S/C13H14ClN3OS/c1-2-15-12-5-10(11(14)7-16-12)13(18)17-6-9-3-4-19-8-9/h3-5,7-8H,2,6H2,1H3,(H,15,16)(H,17,18). The first-order chi connectivity index (χ1) is 9.20. The molecule has 0 aliphatic heterocycles. The Hall–Kier alpha value is -1.59. The average molecular weight is 296 g/mol. The van der Waals surface area contributed by atoms with Gasteiger partial charge in [0.2, 0.25) is 0 Å². The van der Waals surface area contributed by atoms with E-state index in [1.807, 2.05) is 23.8 Å². The molecule has 100 valence electrons. The Morgan fingerprint density at radius 1 is 1.53 bits per heavy atom. The van der Waals surface area contributed by atoms with E-state index in [4.69, 9.17) is 11.6 Å². The third-order valence-corrected chi connectivity index (χ3v) is 3.52. The molecule has 0 spiro atoms. The number of rotatable bonds is 5. The summed E-state index contributed by atoms with van der Waals surface area (Å²) >= 11 is 7.60. The molecule has 1 amide bonds. The van der Waals surface area contributed by atoms with Gasteiger partial charge >= 0.3 is 0 Å². The number of thiophene rings is 1. The summed E-state index contributed by atoms with van der Waals surface area (Å²) in [6, 6.07) is 3.64. The highest BCUT2D eigenvalue weighted by Gasteiger charge is 2.11. The van der Waals surface area contributed by atoms with Gasteiger partial charge in [-0.05, 0) is 35.4 Å². The Labute approximate surface area is 120 Å². The smallest absolute Gasteiger partial charge is 0.253 e. The summed E-state index contributed by atoms with van der Waals surface area (Å²) in [6.45, 7) is 3.20. The molecule has 0 aliphatic rings. The zero-order valence-electron chi connectivity index (χ0n) is 10.4. The second-order valence-electron chi connectivity index (χ2n) is 3.89. The first-order valence-corrected chi connectivity index (χ1v) is 7.21. The maximum Gasteiger partial charge on any atom is 0.253 e. The lowest BCUT2D eigenvalue weighted by Gasteiger charge is -2.08. The van der Waals surface area contributed by atoms with Crippen molar-refractivity contribution in [3.8, 4) is 0 Å². The molecule has 0 aliphatic carbocycles. The first-order valence-electron chi connectivity index (χ1n) is 5.89. The molecule has 0 radical (unpaired) electrons. The molecule has 2 aromatic rings. The van der Waals surface area contributed by atoms with Crippen LogP contribution in [0.3, 0.4) is 0 Å². The quantitative estimate of drug-likeness (QED) is 0.891. The Morgan fingerprint density at radius 3 is 3.05 bits per heavy atom. The fourth-order valence-electron chi connectivity index (χ4n) is 1.56. The monoisotopic (exact) mass is 295 g/mol. The largest absolute Gasteiger partial charge is 0.370 e. The molecule has 0 fully saturated rings. The number of anilines is 1. The lowest BCUT2D eigenvalue weighted by Crippen LogP contribution is -2.23. The van der Waals surface area contributed by atoms with Gasteiger partial charge in [0, 0.05) is 19.3 Å². The number of pyridine rings is 1. The number of nitrogens with one attached hydrogen (secondary N) is 2. The summed E-state index contributed by atoms with van der Waals surface area (Å²) < 4.78 is 0. The molecule has 6 heteroatoms. The van der Waals surface area contributed by atoms with E-state index in [-0.39, 0.29) is 5.91 Å². The number of nitrogens with zero attached hydrogens (tertiary/aromatic N) is 1. The molecule has 2 rings (SSSR count). The number of amides is 1. The first kappa shape index (κ1) is 13.8. The highest BCUT2D eigenvalue weighted by atomic mass is 35.5. The lowest BCUT2D eigenvalue weighted by atomic mass is 10.2. The minimum Gasteiger partial charge on any atom is -0.370 e. The predicted molar refractivity (Wildman–Crippen MR) is 78.9 cm³/mol. The van der Waals surface area contributed by atoms with E-state index >= 15 is 0 Å². The summed E-state index contributed by atoms with van der Waals surface area (Å²) in [4.78, 5) is 16.2. The third kappa shape index (κ3) is 3.68. The van der Waals surface area contributed by atoms with Crippen molar-refractivity contribution in [1.29, 1.82) is 0 Å². The molecule has 0 bridgehead atoms. The van der Waals surface area contributed by atoms with Gasteiger partial charge in [-0.1, -0.05) is 11.6 Å². The second-order valence-corrected chi connectivity index (χ2v) is 5.08. The van der Waals surface area contributed by atoms with Crippen LogP contribution in [0.5, 0.6) is 0 Å². The molecule has 2 aromatic heterocycles. The van der Waals surface area contributed by atoms with Gasteiger partial charge in [-0.15, -0.1) is 0 Å². The van der Waals surface area contributed by atoms with Crippen LogP contribution in [-0.2, 0) is 6.54 Å². The van der Waals surface area contributed by atoms with Crippen LogP contribution in [0.1, 0.15) is 22.8 Å². The fraction of sp³-hybridized carbons (Fsp3) is 0.231. The maximum atomic E-state index is 12.1. The number of halogens is 1. The Balaban J connectivity index is 2.07. The number of carbonyl (C=O) groups excluding carboxylic acids is 1. The van der Waals surface area contributed by atoms with Crippen molar-refractivity contribution in [1.82, 2.24) is 10.3 Å². The average Bonchev–Trinajstić information content (AvgIpc) is 2.92. The normalized spacial score (nSPS) is 10.2. The summed E-state index contributed by atoms with van der Waals surface area (Å²) in [6.07, 6.45) is 1.49. The SMILES string of the molecule is CCNc1cc(C(=O)NCc2ccsc2)c(Cl)cn1. The van der Waals surface area contributed by atoms with Crippen molar-refractivity contribution in [3.63, 3.8) is 0 Å². The summed E-state index contributed by atoms with van der Waals surface area (Å²) in [5.74, 6) is 0.449. The molecule has 2 heterocycles. The molecule has 19 heavy (non-hydrogen) atoms. The van der Waals surface area contributed by atoms with Crippen LogP contribution in [0.2, 0.25) is 5.02 Å². The van der Waals surface area contributed by atoms with Crippen molar-refractivity contribution < 1.29 is 4.79 Å². The van der Waals surface area contributed by atoms with Gasteiger partial charge in [-0.3, -0.25) is 4.79 Å². The number of carbonyl (C=O) groups is 1. The molecule has 0 atom stereocenters. The molecule has 0 unspecified atom stereocenters. The molecule has 0 saturated heterocycles. The highest BCUT2D eigenvalue weighted by molar-refractivity contribution is 7.07.